The van der Waals surface area contributed by atoms with Crippen LogP contribution in [0.5, 0.6) is 0 Å². The van der Waals surface area contributed by atoms with Gasteiger partial charge >= 0.3 is 5.97 Å². The van der Waals surface area contributed by atoms with Crippen LogP contribution in [0.15, 0.2) is 0 Å². The number of nitrogens with one attached hydrogen (secondary N) is 1. The van der Waals surface area contributed by atoms with E-state index in [1.807, 2.05) is 11.8 Å². The Hall–Kier alpha value is -1.10. The molecule has 0 saturated heterocycles. The first-order valence-electron chi connectivity index (χ1n) is 8.33. The van der Waals surface area contributed by atoms with E-state index >= 15 is 0 Å². The lowest BCUT2D eigenvalue weighted by Gasteiger charge is -2.30. The highest BCUT2D eigenvalue weighted by Gasteiger charge is 2.36. The number of nitrogens with zero attached hydrogens (tertiary/aromatic N) is 1. The lowest BCUT2D eigenvalue weighted by molar-refractivity contribution is -0.146. The second-order valence-electron chi connectivity index (χ2n) is 6.23. The fourth-order valence-electron chi connectivity index (χ4n) is 3.06. The van der Waals surface area contributed by atoms with Gasteiger partial charge in [-0.1, -0.05) is 19.3 Å². The molecule has 1 N–H and O–H groups in total. The minimum absolute atomic E-state index is 0.0538. The third-order valence-corrected chi connectivity index (χ3v) is 4.46. The van der Waals surface area contributed by atoms with Gasteiger partial charge in [0.25, 0.3) is 0 Å². The Bertz CT molecular complexity index is 363. The highest BCUT2D eigenvalue weighted by Crippen LogP contribution is 2.28. The van der Waals surface area contributed by atoms with Gasteiger partial charge in [-0.3, -0.25) is 14.5 Å². The van der Waals surface area contributed by atoms with E-state index in [-0.39, 0.29) is 24.5 Å². The molecular weight excluding hydrogens is 268 g/mol. The van der Waals surface area contributed by atoms with Crippen molar-refractivity contribution < 1.29 is 14.3 Å². The maximum absolute atomic E-state index is 12.4. The van der Waals surface area contributed by atoms with E-state index in [4.69, 9.17) is 4.74 Å². The van der Waals surface area contributed by atoms with Crippen LogP contribution in [0.2, 0.25) is 0 Å². The van der Waals surface area contributed by atoms with Gasteiger partial charge in [0.05, 0.1) is 19.2 Å². The molecule has 0 heterocycles. The van der Waals surface area contributed by atoms with E-state index in [1.54, 1.807) is 6.92 Å². The minimum Gasteiger partial charge on any atom is -0.465 e. The SMILES string of the molecule is CCOC(=O)CN(C1CC1)C(C)C(=O)NC1CCCCC1. The smallest absolute Gasteiger partial charge is 0.320 e. The summed E-state index contributed by atoms with van der Waals surface area (Å²) in [6.07, 6.45) is 7.99. The average molecular weight is 296 g/mol. The van der Waals surface area contributed by atoms with E-state index in [0.29, 0.717) is 18.7 Å². The highest BCUT2D eigenvalue weighted by molar-refractivity contribution is 5.82. The summed E-state index contributed by atoms with van der Waals surface area (Å²) in [5.41, 5.74) is 0. The molecule has 21 heavy (non-hydrogen) atoms. The van der Waals surface area contributed by atoms with Crippen LogP contribution < -0.4 is 5.32 Å². The predicted molar refractivity (Wildman–Crippen MR) is 80.8 cm³/mol. The zero-order valence-corrected chi connectivity index (χ0v) is 13.3. The largest absolute Gasteiger partial charge is 0.465 e. The Balaban J connectivity index is 1.86. The summed E-state index contributed by atoms with van der Waals surface area (Å²) in [6.45, 7) is 4.31. The number of carbonyl (C=O) groups excluding carboxylic acids is 2. The van der Waals surface area contributed by atoms with Crippen LogP contribution >= 0.6 is 0 Å². The van der Waals surface area contributed by atoms with E-state index in [0.717, 1.165) is 25.7 Å². The summed E-state index contributed by atoms with van der Waals surface area (Å²) < 4.78 is 5.02. The second kappa shape index (κ2) is 7.78. The summed E-state index contributed by atoms with van der Waals surface area (Å²) in [5, 5.41) is 3.15. The zero-order valence-electron chi connectivity index (χ0n) is 13.3. The number of esters is 1. The van der Waals surface area contributed by atoms with Crippen molar-refractivity contribution >= 4 is 11.9 Å². The van der Waals surface area contributed by atoms with Gasteiger partial charge in [-0.2, -0.15) is 0 Å². The molecule has 5 nitrogen and oxygen atoms in total. The molecule has 2 aliphatic rings. The molecule has 1 unspecified atom stereocenters. The normalized spacial score (nSPS) is 21.1. The average Bonchev–Trinajstić information content (AvgIpc) is 3.30. The molecule has 0 aromatic carbocycles. The lowest BCUT2D eigenvalue weighted by Crippen LogP contribution is -2.51. The van der Waals surface area contributed by atoms with Crippen LogP contribution in [0.3, 0.4) is 0 Å². The zero-order chi connectivity index (χ0) is 15.2. The van der Waals surface area contributed by atoms with Crippen LogP contribution in [0.4, 0.5) is 0 Å². The molecule has 0 aliphatic heterocycles. The molecule has 2 fully saturated rings. The van der Waals surface area contributed by atoms with Gasteiger partial charge in [0.1, 0.15) is 0 Å². The summed E-state index contributed by atoms with van der Waals surface area (Å²) in [4.78, 5) is 26.1. The van der Waals surface area contributed by atoms with E-state index in [1.165, 1.54) is 19.3 Å². The molecule has 0 radical (unpaired) electrons. The first-order chi connectivity index (χ1) is 10.1. The van der Waals surface area contributed by atoms with E-state index < -0.39 is 0 Å². The fourth-order valence-corrected chi connectivity index (χ4v) is 3.06. The Morgan fingerprint density at radius 1 is 1.19 bits per heavy atom. The van der Waals surface area contributed by atoms with Crippen molar-refractivity contribution in [3.63, 3.8) is 0 Å². The Morgan fingerprint density at radius 2 is 1.86 bits per heavy atom. The Labute approximate surface area is 127 Å². The monoisotopic (exact) mass is 296 g/mol. The van der Waals surface area contributed by atoms with Crippen molar-refractivity contribution in [2.75, 3.05) is 13.2 Å². The topological polar surface area (TPSA) is 58.6 Å². The summed E-state index contributed by atoms with van der Waals surface area (Å²) in [5.74, 6) is -0.181. The van der Waals surface area contributed by atoms with Gasteiger partial charge in [-0.25, -0.2) is 0 Å². The fraction of sp³-hybridized carbons (Fsp3) is 0.875. The van der Waals surface area contributed by atoms with Gasteiger partial charge in [0.2, 0.25) is 5.91 Å². The first-order valence-corrected chi connectivity index (χ1v) is 8.33. The standard InChI is InChI=1S/C16H28N2O3/c1-3-21-15(19)11-18(14-9-10-14)12(2)16(20)17-13-7-5-4-6-8-13/h12-14H,3-11H2,1-2H3,(H,17,20). The lowest BCUT2D eigenvalue weighted by atomic mass is 9.95. The van der Waals surface area contributed by atoms with Gasteiger partial charge < -0.3 is 10.1 Å². The molecular formula is C16H28N2O3. The number of carbonyl (C=O) groups is 2. The molecule has 1 amide bonds. The molecule has 5 heteroatoms. The first kappa shape index (κ1) is 16.3. The maximum Gasteiger partial charge on any atom is 0.320 e. The summed E-state index contributed by atoms with van der Waals surface area (Å²) in [7, 11) is 0. The number of hydrogen-bond donors (Lipinski definition) is 1. The quantitative estimate of drug-likeness (QED) is 0.728. The number of hydrogen-bond acceptors (Lipinski definition) is 4. The van der Waals surface area contributed by atoms with Gasteiger partial charge in [-0.15, -0.1) is 0 Å². The number of ether oxygens (including phenoxy) is 1. The molecule has 2 aliphatic carbocycles. The molecule has 2 rings (SSSR count). The van der Waals surface area contributed by atoms with Crippen LogP contribution in [-0.2, 0) is 14.3 Å². The predicted octanol–water partition coefficient (Wildman–Crippen LogP) is 1.85. The van der Waals surface area contributed by atoms with Crippen molar-refractivity contribution in [1.82, 2.24) is 10.2 Å². The van der Waals surface area contributed by atoms with Crippen molar-refractivity contribution in [2.45, 2.75) is 76.9 Å². The highest BCUT2D eigenvalue weighted by atomic mass is 16.5. The van der Waals surface area contributed by atoms with Crippen molar-refractivity contribution in [3.05, 3.63) is 0 Å². The molecule has 2 saturated carbocycles. The Morgan fingerprint density at radius 3 is 2.43 bits per heavy atom. The molecule has 0 spiro atoms. The number of rotatable bonds is 7. The molecule has 0 bridgehead atoms. The summed E-state index contributed by atoms with van der Waals surface area (Å²) >= 11 is 0. The van der Waals surface area contributed by atoms with Crippen LogP contribution in [0, 0.1) is 0 Å². The van der Waals surface area contributed by atoms with Crippen LogP contribution in [-0.4, -0.2) is 48.1 Å². The third-order valence-electron chi connectivity index (χ3n) is 4.46. The molecule has 1 atom stereocenters. The van der Waals surface area contributed by atoms with Gasteiger partial charge in [0.15, 0.2) is 0 Å². The van der Waals surface area contributed by atoms with Gasteiger partial charge in [-0.05, 0) is 39.5 Å². The van der Waals surface area contributed by atoms with Crippen molar-refractivity contribution in [2.24, 2.45) is 0 Å². The van der Waals surface area contributed by atoms with Crippen molar-refractivity contribution in [3.8, 4) is 0 Å². The van der Waals surface area contributed by atoms with E-state index in [2.05, 4.69) is 5.32 Å². The Kier molecular flexibility index (Phi) is 6.03. The molecule has 0 aromatic heterocycles. The van der Waals surface area contributed by atoms with Crippen LogP contribution in [0.1, 0.15) is 58.8 Å². The molecule has 120 valence electrons. The number of amides is 1. The van der Waals surface area contributed by atoms with Crippen molar-refractivity contribution in [1.29, 1.82) is 0 Å². The van der Waals surface area contributed by atoms with E-state index in [9.17, 15) is 9.59 Å². The second-order valence-corrected chi connectivity index (χ2v) is 6.23. The summed E-state index contributed by atoms with van der Waals surface area (Å²) in [6, 6.07) is 0.419. The minimum atomic E-state index is -0.260. The van der Waals surface area contributed by atoms with Crippen LogP contribution in [0.25, 0.3) is 0 Å². The van der Waals surface area contributed by atoms with Gasteiger partial charge in [0, 0.05) is 12.1 Å². The third kappa shape index (κ3) is 4.99. The molecule has 0 aromatic rings. The maximum atomic E-state index is 12.4.